The molecule has 3 rings (SSSR count). The SMILES string of the molecule is COC(=O)CN([C@H]1CCN([C@@H](C)C(=O)N2CCCCC2)C1=O)S(=O)(=O)/C=C/c1ccc(Cl)cc1. The number of amides is 2. The molecule has 2 amide bonds. The molecule has 0 unspecified atom stereocenters. The lowest BCUT2D eigenvalue weighted by Gasteiger charge is -2.33. The Balaban J connectivity index is 1.80. The smallest absolute Gasteiger partial charge is 0.321 e. The van der Waals surface area contributed by atoms with Crippen molar-refractivity contribution < 1.29 is 27.5 Å². The normalized spacial score (nSPS) is 20.2. The second-order valence-corrected chi connectivity index (χ2v) is 10.6. The minimum absolute atomic E-state index is 0.140. The number of likely N-dealkylation sites (tertiary alicyclic amines) is 2. The number of hydrogen-bond donors (Lipinski definition) is 0. The van der Waals surface area contributed by atoms with Crippen LogP contribution in [0.25, 0.3) is 6.08 Å². The third-order valence-corrected chi connectivity index (χ3v) is 7.96. The van der Waals surface area contributed by atoms with Gasteiger partial charge in [-0.3, -0.25) is 14.4 Å². The fourth-order valence-electron chi connectivity index (χ4n) is 4.24. The molecular weight excluding hydrogens is 482 g/mol. The summed E-state index contributed by atoms with van der Waals surface area (Å²) in [6.45, 7) is 2.59. The molecule has 0 aliphatic carbocycles. The van der Waals surface area contributed by atoms with Gasteiger partial charge in [0.2, 0.25) is 21.8 Å². The minimum Gasteiger partial charge on any atom is -0.468 e. The van der Waals surface area contributed by atoms with Gasteiger partial charge in [0.25, 0.3) is 0 Å². The Kier molecular flexibility index (Phi) is 8.72. The van der Waals surface area contributed by atoms with E-state index in [1.165, 1.54) is 11.0 Å². The summed E-state index contributed by atoms with van der Waals surface area (Å²) < 4.78 is 31.9. The second kappa shape index (κ2) is 11.3. The summed E-state index contributed by atoms with van der Waals surface area (Å²) in [5.74, 6) is -1.42. The number of carbonyl (C=O) groups excluding carboxylic acids is 3. The van der Waals surface area contributed by atoms with Crippen LogP contribution in [-0.2, 0) is 29.1 Å². The zero-order valence-electron chi connectivity index (χ0n) is 19.4. The average molecular weight is 512 g/mol. The van der Waals surface area contributed by atoms with Gasteiger partial charge in [-0.25, -0.2) is 8.42 Å². The Morgan fingerprint density at radius 1 is 1.18 bits per heavy atom. The molecule has 0 aromatic heterocycles. The molecule has 9 nitrogen and oxygen atoms in total. The lowest BCUT2D eigenvalue weighted by atomic mass is 10.1. The van der Waals surface area contributed by atoms with Crippen LogP contribution in [0.5, 0.6) is 0 Å². The first kappa shape index (κ1) is 26.2. The van der Waals surface area contributed by atoms with Crippen molar-refractivity contribution in [1.82, 2.24) is 14.1 Å². The highest BCUT2D eigenvalue weighted by molar-refractivity contribution is 7.92. The number of sulfonamides is 1. The van der Waals surface area contributed by atoms with Crippen molar-refractivity contribution in [2.45, 2.75) is 44.7 Å². The van der Waals surface area contributed by atoms with E-state index in [1.807, 2.05) is 0 Å². The van der Waals surface area contributed by atoms with E-state index in [9.17, 15) is 22.8 Å². The maximum atomic E-state index is 13.3. The molecule has 11 heteroatoms. The van der Waals surface area contributed by atoms with E-state index < -0.39 is 40.5 Å². The molecule has 1 aromatic carbocycles. The number of halogens is 1. The zero-order chi connectivity index (χ0) is 24.9. The van der Waals surface area contributed by atoms with Crippen LogP contribution >= 0.6 is 11.6 Å². The summed E-state index contributed by atoms with van der Waals surface area (Å²) in [7, 11) is -3.01. The maximum absolute atomic E-state index is 13.3. The topological polar surface area (TPSA) is 104 Å². The highest BCUT2D eigenvalue weighted by Crippen LogP contribution is 2.25. The first-order valence-electron chi connectivity index (χ1n) is 11.3. The number of benzene rings is 1. The molecule has 34 heavy (non-hydrogen) atoms. The van der Waals surface area contributed by atoms with Gasteiger partial charge in [-0.2, -0.15) is 4.31 Å². The van der Waals surface area contributed by atoms with Crippen molar-refractivity contribution in [2.24, 2.45) is 0 Å². The molecule has 1 aromatic rings. The average Bonchev–Trinajstić information content (AvgIpc) is 3.22. The van der Waals surface area contributed by atoms with Gasteiger partial charge in [0.1, 0.15) is 18.6 Å². The van der Waals surface area contributed by atoms with E-state index >= 15 is 0 Å². The number of methoxy groups -OCH3 is 1. The van der Waals surface area contributed by atoms with Crippen molar-refractivity contribution in [2.75, 3.05) is 33.3 Å². The van der Waals surface area contributed by atoms with Gasteiger partial charge in [0.05, 0.1) is 7.11 Å². The predicted octanol–water partition coefficient (Wildman–Crippen LogP) is 2.12. The molecule has 2 atom stereocenters. The van der Waals surface area contributed by atoms with Crippen LogP contribution in [0, 0.1) is 0 Å². The third kappa shape index (κ3) is 6.17. The molecule has 2 aliphatic rings. The molecule has 0 bridgehead atoms. The van der Waals surface area contributed by atoms with E-state index in [4.69, 9.17) is 11.6 Å². The number of nitrogens with zero attached hydrogens (tertiary/aromatic N) is 3. The van der Waals surface area contributed by atoms with Crippen LogP contribution in [0.3, 0.4) is 0 Å². The van der Waals surface area contributed by atoms with E-state index in [1.54, 1.807) is 36.1 Å². The summed E-state index contributed by atoms with van der Waals surface area (Å²) in [4.78, 5) is 41.4. The lowest BCUT2D eigenvalue weighted by Crippen LogP contribution is -2.52. The lowest BCUT2D eigenvalue weighted by molar-refractivity contribution is -0.145. The zero-order valence-corrected chi connectivity index (χ0v) is 20.9. The molecule has 0 saturated carbocycles. The highest BCUT2D eigenvalue weighted by Gasteiger charge is 2.44. The molecular formula is C23H30ClN3O6S. The van der Waals surface area contributed by atoms with Crippen LogP contribution in [-0.4, -0.2) is 85.7 Å². The molecule has 186 valence electrons. The third-order valence-electron chi connectivity index (χ3n) is 6.19. The van der Waals surface area contributed by atoms with Gasteiger partial charge in [-0.15, -0.1) is 0 Å². The van der Waals surface area contributed by atoms with Gasteiger partial charge in [-0.05, 0) is 56.4 Å². The first-order valence-corrected chi connectivity index (χ1v) is 13.1. The minimum atomic E-state index is -4.17. The Bertz CT molecular complexity index is 1040. The molecule has 2 heterocycles. The quantitative estimate of drug-likeness (QED) is 0.495. The number of hydrogen-bond acceptors (Lipinski definition) is 6. The van der Waals surface area contributed by atoms with Crippen LogP contribution in [0.1, 0.15) is 38.2 Å². The first-order chi connectivity index (χ1) is 16.1. The van der Waals surface area contributed by atoms with Crippen molar-refractivity contribution in [3.63, 3.8) is 0 Å². The Morgan fingerprint density at radius 2 is 1.82 bits per heavy atom. The number of esters is 1. The van der Waals surface area contributed by atoms with Crippen LogP contribution in [0.15, 0.2) is 29.7 Å². The summed E-state index contributed by atoms with van der Waals surface area (Å²) in [6, 6.07) is 4.74. The van der Waals surface area contributed by atoms with Gasteiger partial charge in [0, 0.05) is 30.1 Å². The van der Waals surface area contributed by atoms with Crippen LogP contribution in [0.4, 0.5) is 0 Å². The largest absolute Gasteiger partial charge is 0.468 e. The van der Waals surface area contributed by atoms with E-state index in [0.717, 1.165) is 36.1 Å². The predicted molar refractivity (Wildman–Crippen MR) is 128 cm³/mol. The fraction of sp³-hybridized carbons (Fsp3) is 0.522. The molecule has 2 fully saturated rings. The van der Waals surface area contributed by atoms with Gasteiger partial charge in [0.15, 0.2) is 0 Å². The number of ether oxygens (including phenoxy) is 1. The van der Waals surface area contributed by atoms with Crippen molar-refractivity contribution >= 4 is 45.5 Å². The van der Waals surface area contributed by atoms with Gasteiger partial charge < -0.3 is 14.5 Å². The summed E-state index contributed by atoms with van der Waals surface area (Å²) in [6.07, 6.45) is 4.48. The number of piperidine rings is 1. The molecule has 0 spiro atoms. The second-order valence-electron chi connectivity index (χ2n) is 8.42. The Hall–Kier alpha value is -2.43. The molecule has 2 saturated heterocycles. The number of carbonyl (C=O) groups is 3. The number of rotatable bonds is 8. The van der Waals surface area contributed by atoms with Gasteiger partial charge in [-0.1, -0.05) is 23.7 Å². The monoisotopic (exact) mass is 511 g/mol. The Morgan fingerprint density at radius 3 is 2.44 bits per heavy atom. The maximum Gasteiger partial charge on any atom is 0.321 e. The van der Waals surface area contributed by atoms with E-state index in [2.05, 4.69) is 4.74 Å². The van der Waals surface area contributed by atoms with Crippen molar-refractivity contribution in [3.8, 4) is 0 Å². The van der Waals surface area contributed by atoms with Gasteiger partial charge >= 0.3 is 5.97 Å². The van der Waals surface area contributed by atoms with Crippen LogP contribution in [0.2, 0.25) is 5.02 Å². The standard InChI is InChI=1S/C23H30ClN3O6S/c1-17(22(29)25-12-4-3-5-13-25)26-14-10-20(23(26)30)27(16-21(28)33-2)34(31,32)15-11-18-6-8-19(24)9-7-18/h6-9,11,15,17,20H,3-5,10,12-14,16H2,1-2H3/b15-11+/t17-,20-/m0/s1. The van der Waals surface area contributed by atoms with Crippen LogP contribution < -0.4 is 0 Å². The van der Waals surface area contributed by atoms with E-state index in [0.29, 0.717) is 23.7 Å². The Labute approximate surface area is 205 Å². The molecule has 2 aliphatic heterocycles. The molecule has 0 radical (unpaired) electrons. The van der Waals surface area contributed by atoms with Crippen molar-refractivity contribution in [1.29, 1.82) is 0 Å². The fourth-order valence-corrected chi connectivity index (χ4v) is 5.68. The summed E-state index contributed by atoms with van der Waals surface area (Å²) in [5, 5.41) is 1.47. The highest BCUT2D eigenvalue weighted by atomic mass is 35.5. The summed E-state index contributed by atoms with van der Waals surface area (Å²) >= 11 is 5.87. The van der Waals surface area contributed by atoms with E-state index in [-0.39, 0.29) is 18.9 Å². The summed E-state index contributed by atoms with van der Waals surface area (Å²) in [5.41, 5.74) is 0.589. The van der Waals surface area contributed by atoms with Crippen molar-refractivity contribution in [3.05, 3.63) is 40.3 Å². The molecule has 0 N–H and O–H groups in total.